The van der Waals surface area contributed by atoms with Gasteiger partial charge < -0.3 is 8.83 Å². The first-order valence-corrected chi connectivity index (χ1v) is 21.2. The Balaban J connectivity index is 1.04. The van der Waals surface area contributed by atoms with Gasteiger partial charge in [0.1, 0.15) is 23.0 Å². The number of furan rings is 2. The number of allylic oxidation sites excluding steroid dienone is 2. The number of halogens is 2. The van der Waals surface area contributed by atoms with Crippen LogP contribution in [0.3, 0.4) is 0 Å². The first-order chi connectivity index (χ1) is 25.9. The molecule has 2 atom stereocenters. The lowest BCUT2D eigenvalue weighted by Crippen LogP contribution is -2.09. The van der Waals surface area contributed by atoms with Crippen LogP contribution in [0.5, 0.6) is 0 Å². The summed E-state index contributed by atoms with van der Waals surface area (Å²) in [5.74, 6) is 4.44. The molecular weight excluding hydrogens is 708 g/mol. The molecule has 0 fully saturated rings. The highest BCUT2D eigenvalue weighted by atomic mass is 35.5. The smallest absolute Gasteiger partial charge is 0.130 e. The van der Waals surface area contributed by atoms with Crippen molar-refractivity contribution in [2.45, 2.75) is 76.3 Å². The fraction of sp³-hybridized carbons (Fsp3) is 0.250. The van der Waals surface area contributed by atoms with Gasteiger partial charge in [0.2, 0.25) is 0 Å². The van der Waals surface area contributed by atoms with E-state index in [1.54, 1.807) is 0 Å². The van der Waals surface area contributed by atoms with Crippen LogP contribution in [0.1, 0.15) is 92.2 Å². The molecule has 2 nitrogen and oxygen atoms in total. The topological polar surface area (TPSA) is 26.3 Å². The third-order valence-electron chi connectivity index (χ3n) is 12.1. The molecule has 0 saturated heterocycles. The number of hydrogen-bond donors (Lipinski definition) is 0. The Morgan fingerprint density at radius 2 is 1.00 bits per heavy atom. The molecule has 5 heteroatoms. The third-order valence-corrected chi connectivity index (χ3v) is 14.0. The minimum absolute atomic E-state index is 0.273. The van der Waals surface area contributed by atoms with Crippen LogP contribution in [0.2, 0.25) is 22.1 Å². The molecule has 4 aliphatic rings. The highest BCUT2D eigenvalue weighted by Crippen LogP contribution is 2.53. The Bertz CT molecular complexity index is 2300. The van der Waals surface area contributed by atoms with Crippen molar-refractivity contribution in [3.63, 3.8) is 0 Å². The molecule has 262 valence electrons. The average molecular weight is 748 g/mol. The summed E-state index contributed by atoms with van der Waals surface area (Å²) < 4.78 is 12.8. The molecule has 4 aliphatic carbocycles. The lowest BCUT2D eigenvalue weighted by atomic mass is 9.87. The van der Waals surface area contributed by atoms with E-state index in [1.165, 1.54) is 90.7 Å². The molecule has 2 radical (unpaired) electrons. The van der Waals surface area contributed by atoms with E-state index in [1.807, 2.05) is 38.1 Å². The van der Waals surface area contributed by atoms with E-state index in [0.717, 1.165) is 80.4 Å². The highest BCUT2D eigenvalue weighted by molar-refractivity contribution is 6.37. The summed E-state index contributed by atoms with van der Waals surface area (Å²) in [7, 11) is 0.743. The van der Waals surface area contributed by atoms with Crippen LogP contribution in [-0.4, -0.2) is 9.52 Å². The average Bonchev–Trinajstić information content (AvgIpc) is 4.02. The van der Waals surface area contributed by atoms with E-state index in [0.29, 0.717) is 0 Å². The number of benzene rings is 4. The zero-order valence-corrected chi connectivity index (χ0v) is 32.6. The maximum Gasteiger partial charge on any atom is 0.130 e. The van der Waals surface area contributed by atoms with Crippen LogP contribution in [-0.2, 0) is 25.7 Å². The van der Waals surface area contributed by atoms with Gasteiger partial charge in [-0.15, -0.1) is 0 Å². The van der Waals surface area contributed by atoms with E-state index in [-0.39, 0.29) is 11.8 Å². The van der Waals surface area contributed by atoms with Gasteiger partial charge >= 0.3 is 0 Å². The predicted molar refractivity (Wildman–Crippen MR) is 221 cm³/mol. The summed E-state index contributed by atoms with van der Waals surface area (Å²) >= 11 is 12.8. The van der Waals surface area contributed by atoms with Crippen molar-refractivity contribution in [2.24, 2.45) is 0 Å². The van der Waals surface area contributed by atoms with Gasteiger partial charge in [0.05, 0.1) is 0 Å². The summed E-state index contributed by atoms with van der Waals surface area (Å²) in [5, 5.41) is 1.55. The van der Waals surface area contributed by atoms with Crippen molar-refractivity contribution in [3.05, 3.63) is 163 Å². The fourth-order valence-corrected chi connectivity index (χ4v) is 11.5. The molecule has 0 amide bonds. The summed E-state index contributed by atoms with van der Waals surface area (Å²) in [4.78, 5) is 0. The lowest BCUT2D eigenvalue weighted by Gasteiger charge is -2.22. The molecular formula is C48H40Cl2O2Si. The van der Waals surface area contributed by atoms with Gasteiger partial charge in [0.15, 0.2) is 0 Å². The van der Waals surface area contributed by atoms with E-state index in [4.69, 9.17) is 32.0 Å². The molecule has 0 saturated carbocycles. The second-order valence-electron chi connectivity index (χ2n) is 15.3. The second kappa shape index (κ2) is 13.2. The molecule has 6 aromatic rings. The van der Waals surface area contributed by atoms with E-state index >= 15 is 0 Å². The van der Waals surface area contributed by atoms with Crippen molar-refractivity contribution < 1.29 is 8.83 Å². The van der Waals surface area contributed by atoms with E-state index < -0.39 is 0 Å². The number of fused-ring (bicyclic) bond motifs is 4. The Morgan fingerprint density at radius 3 is 1.40 bits per heavy atom. The van der Waals surface area contributed by atoms with Crippen molar-refractivity contribution in [1.29, 1.82) is 0 Å². The van der Waals surface area contributed by atoms with Crippen molar-refractivity contribution in [3.8, 4) is 22.3 Å². The first-order valence-electron chi connectivity index (χ1n) is 19.1. The fourth-order valence-electron chi connectivity index (χ4n) is 9.67. The molecule has 2 heterocycles. The van der Waals surface area contributed by atoms with Gasteiger partial charge in [-0.1, -0.05) is 59.6 Å². The molecule has 53 heavy (non-hydrogen) atoms. The number of rotatable bonds is 8. The predicted octanol–water partition coefficient (Wildman–Crippen LogP) is 13.6. The van der Waals surface area contributed by atoms with Crippen LogP contribution in [0.15, 0.2) is 93.8 Å². The molecule has 0 spiro atoms. The van der Waals surface area contributed by atoms with Crippen LogP contribution in [0.4, 0.5) is 0 Å². The van der Waals surface area contributed by atoms with Crippen LogP contribution >= 0.6 is 23.2 Å². The number of hydrogen-bond acceptors (Lipinski definition) is 2. The van der Waals surface area contributed by atoms with Crippen LogP contribution < -0.4 is 0 Å². The van der Waals surface area contributed by atoms with Crippen molar-refractivity contribution >= 4 is 56.0 Å². The maximum atomic E-state index is 6.39. The maximum absolute atomic E-state index is 6.39. The summed E-state index contributed by atoms with van der Waals surface area (Å²) in [6, 6.07) is 32.7. The highest BCUT2D eigenvalue weighted by Gasteiger charge is 2.36. The Morgan fingerprint density at radius 1 is 0.566 bits per heavy atom. The molecule has 10 rings (SSSR count). The van der Waals surface area contributed by atoms with Gasteiger partial charge in [-0.25, -0.2) is 0 Å². The molecule has 0 N–H and O–H groups in total. The van der Waals surface area contributed by atoms with Crippen molar-refractivity contribution in [1.82, 2.24) is 0 Å². The molecule has 0 bridgehead atoms. The Kier molecular flexibility index (Phi) is 8.31. The number of aryl methyl sites for hydroxylation is 4. The summed E-state index contributed by atoms with van der Waals surface area (Å²) in [6.45, 7) is 4.10. The SMILES string of the molecule is Cc1ccc(C2=Cc3c(cc4c(c3-c3ccc(Cl)cc3)CCC4)C2C[Si]CC2C(c3ccc(C)o3)=Cc3c2cc2c(c3-c3ccc(Cl)cc3)CCC2)o1. The minimum Gasteiger partial charge on any atom is -0.462 e. The Labute approximate surface area is 324 Å². The zero-order valence-electron chi connectivity index (χ0n) is 30.1. The Hall–Kier alpha value is -4.28. The van der Waals surface area contributed by atoms with Crippen molar-refractivity contribution in [2.75, 3.05) is 0 Å². The first kappa shape index (κ1) is 33.3. The van der Waals surface area contributed by atoms with Crippen LogP contribution in [0, 0.1) is 13.8 Å². The van der Waals surface area contributed by atoms with Gasteiger partial charge in [-0.05, 0) is 192 Å². The second-order valence-corrected chi connectivity index (χ2v) is 17.5. The van der Waals surface area contributed by atoms with Gasteiger partial charge in [-0.3, -0.25) is 0 Å². The normalized spacial score (nSPS) is 18.2. The van der Waals surface area contributed by atoms with Gasteiger partial charge in [0.25, 0.3) is 0 Å². The van der Waals surface area contributed by atoms with Gasteiger partial charge in [-0.2, -0.15) is 0 Å². The van der Waals surface area contributed by atoms with E-state index in [9.17, 15) is 0 Å². The molecule has 2 unspecified atom stereocenters. The monoisotopic (exact) mass is 746 g/mol. The minimum atomic E-state index is 0.273. The molecule has 0 aliphatic heterocycles. The summed E-state index contributed by atoms with van der Waals surface area (Å²) in [6.07, 6.45) is 11.9. The standard InChI is InChI=1S/C48H40Cl2O2Si/c1-27-9-19-45(51-27)39-23-41-37(21-31-5-3-7-35(31)47(41)29-11-15-33(49)16-12-29)43(39)25-53-26-44-38-22-32-6-4-8-36(32)48(30-13-17-34(50)18-14-30)42(38)24-40(44)46-20-10-28(2)52-46/h9-24,43-44H,3-8,25-26H2,1-2H3. The lowest BCUT2D eigenvalue weighted by molar-refractivity contribution is 0.518. The van der Waals surface area contributed by atoms with Crippen LogP contribution in [0.25, 0.3) is 45.6 Å². The van der Waals surface area contributed by atoms with E-state index in [2.05, 4.69) is 72.8 Å². The largest absolute Gasteiger partial charge is 0.462 e. The molecule has 4 aromatic carbocycles. The quantitative estimate of drug-likeness (QED) is 0.145. The molecule has 2 aromatic heterocycles. The zero-order chi connectivity index (χ0) is 35.8. The van der Waals surface area contributed by atoms with Gasteiger partial charge in [0, 0.05) is 42.5 Å². The third kappa shape index (κ3) is 5.75. The summed E-state index contributed by atoms with van der Waals surface area (Å²) in [5.41, 5.74) is 19.6.